The van der Waals surface area contributed by atoms with Gasteiger partial charge in [0.25, 0.3) is 0 Å². The molecule has 0 unspecified atom stereocenters. The molecule has 6 nitrogen and oxygen atoms in total. The largest absolute Gasteiger partial charge is 0.344 e. The number of benzene rings is 2. The van der Waals surface area contributed by atoms with E-state index in [1.165, 1.54) is 45.7 Å². The van der Waals surface area contributed by atoms with E-state index in [0.717, 1.165) is 16.5 Å². The first-order valence-electron chi connectivity index (χ1n) is 9.30. The molecule has 1 saturated heterocycles. The van der Waals surface area contributed by atoms with Gasteiger partial charge < -0.3 is 4.90 Å². The van der Waals surface area contributed by atoms with Crippen LogP contribution in [0.2, 0.25) is 0 Å². The predicted molar refractivity (Wildman–Crippen MR) is 111 cm³/mol. The summed E-state index contributed by atoms with van der Waals surface area (Å²) in [5.41, 5.74) is 2.38. The summed E-state index contributed by atoms with van der Waals surface area (Å²) in [4.78, 5) is 6.81. The summed E-state index contributed by atoms with van der Waals surface area (Å²) in [5, 5.41) is 0.811. The second kappa shape index (κ2) is 8.17. The maximum absolute atomic E-state index is 13.1. The fourth-order valence-electron chi connectivity index (χ4n) is 3.21. The molecule has 0 atom stereocenters. The number of sulfonamides is 1. The molecule has 3 aromatic rings. The Morgan fingerprint density at radius 3 is 2.31 bits per heavy atom. The summed E-state index contributed by atoms with van der Waals surface area (Å²) in [6.45, 7) is 3.84. The molecule has 1 aromatic heterocycles. The smallest absolute Gasteiger partial charge is 0.243 e. The summed E-state index contributed by atoms with van der Waals surface area (Å²) in [5.74, 6) is 0.321. The van der Waals surface area contributed by atoms with Gasteiger partial charge >= 0.3 is 0 Å². The zero-order valence-corrected chi connectivity index (χ0v) is 17.6. The maximum Gasteiger partial charge on any atom is 0.243 e. The Bertz CT molecular complexity index is 1070. The molecule has 1 fully saturated rings. The van der Waals surface area contributed by atoms with Gasteiger partial charge in [-0.3, -0.25) is 0 Å². The molecule has 0 aliphatic carbocycles. The molecule has 4 rings (SSSR count). The third-order valence-corrected chi connectivity index (χ3v) is 7.63. The molecule has 0 bridgehead atoms. The summed E-state index contributed by atoms with van der Waals surface area (Å²) in [6.07, 6.45) is 0.676. The van der Waals surface area contributed by atoms with Crippen LogP contribution < -0.4 is 4.90 Å². The van der Waals surface area contributed by atoms with E-state index < -0.39 is 15.8 Å². The molecule has 1 aliphatic rings. The number of rotatable bonds is 5. The maximum atomic E-state index is 13.1. The van der Waals surface area contributed by atoms with Crippen molar-refractivity contribution < 1.29 is 12.8 Å². The van der Waals surface area contributed by atoms with Gasteiger partial charge in [-0.2, -0.15) is 8.68 Å². The number of nitrogens with zero attached hydrogens (tertiary/aromatic N) is 4. The number of aromatic nitrogens is 2. The van der Waals surface area contributed by atoms with Crippen LogP contribution in [0.15, 0.2) is 53.4 Å². The van der Waals surface area contributed by atoms with Gasteiger partial charge in [0.05, 0.1) is 4.90 Å². The molecular weight excluding hydrogens is 411 g/mol. The van der Waals surface area contributed by atoms with E-state index in [0.29, 0.717) is 32.6 Å². The van der Waals surface area contributed by atoms with Crippen LogP contribution in [0.1, 0.15) is 17.0 Å². The molecule has 2 heterocycles. The van der Waals surface area contributed by atoms with Gasteiger partial charge in [-0.05, 0) is 36.8 Å². The van der Waals surface area contributed by atoms with Crippen molar-refractivity contribution in [2.75, 3.05) is 31.1 Å². The molecule has 0 amide bonds. The summed E-state index contributed by atoms with van der Waals surface area (Å²) < 4.78 is 44.4. The third kappa shape index (κ3) is 4.47. The van der Waals surface area contributed by atoms with Crippen molar-refractivity contribution in [1.82, 2.24) is 13.7 Å². The van der Waals surface area contributed by atoms with Crippen LogP contribution in [0, 0.1) is 12.7 Å². The Balaban J connectivity index is 1.39. The zero-order chi connectivity index (χ0) is 20.4. The lowest BCUT2D eigenvalue weighted by atomic mass is 10.1. The third-order valence-electron chi connectivity index (χ3n) is 4.90. The molecule has 0 saturated carbocycles. The van der Waals surface area contributed by atoms with Gasteiger partial charge in [0.1, 0.15) is 11.6 Å². The second-order valence-electron chi connectivity index (χ2n) is 7.00. The van der Waals surface area contributed by atoms with Crippen molar-refractivity contribution in [3.63, 3.8) is 0 Å². The Hall–Kier alpha value is -2.36. The molecule has 0 radical (unpaired) electrons. The van der Waals surface area contributed by atoms with Gasteiger partial charge in [-0.25, -0.2) is 17.8 Å². The van der Waals surface area contributed by atoms with Crippen molar-refractivity contribution in [1.29, 1.82) is 0 Å². The second-order valence-corrected chi connectivity index (χ2v) is 9.67. The fourth-order valence-corrected chi connectivity index (χ4v) is 5.37. The van der Waals surface area contributed by atoms with Crippen LogP contribution >= 0.6 is 11.5 Å². The average Bonchev–Trinajstić information content (AvgIpc) is 3.19. The molecule has 1 aliphatic heterocycles. The minimum Gasteiger partial charge on any atom is -0.344 e. The van der Waals surface area contributed by atoms with Crippen LogP contribution in [-0.2, 0) is 16.4 Å². The van der Waals surface area contributed by atoms with Crippen LogP contribution in [0.4, 0.5) is 9.52 Å². The van der Waals surface area contributed by atoms with E-state index in [2.05, 4.69) is 45.4 Å². The average molecular weight is 433 g/mol. The van der Waals surface area contributed by atoms with E-state index >= 15 is 0 Å². The monoisotopic (exact) mass is 432 g/mol. The summed E-state index contributed by atoms with van der Waals surface area (Å²) >= 11 is 1.34. The highest BCUT2D eigenvalue weighted by molar-refractivity contribution is 7.89. The number of aryl methyl sites for hydroxylation is 1. The van der Waals surface area contributed by atoms with E-state index in [9.17, 15) is 12.8 Å². The number of piperazine rings is 1. The molecule has 9 heteroatoms. The first kappa shape index (κ1) is 19.9. The number of halogens is 1. The molecule has 29 heavy (non-hydrogen) atoms. The Kier molecular flexibility index (Phi) is 5.62. The van der Waals surface area contributed by atoms with Gasteiger partial charge in [0.2, 0.25) is 15.2 Å². The van der Waals surface area contributed by atoms with E-state index in [-0.39, 0.29) is 4.90 Å². The van der Waals surface area contributed by atoms with Gasteiger partial charge in [0, 0.05) is 44.1 Å². The van der Waals surface area contributed by atoms with E-state index in [1.54, 1.807) is 0 Å². The summed E-state index contributed by atoms with van der Waals surface area (Å²) in [6, 6.07) is 13.2. The van der Waals surface area contributed by atoms with Crippen molar-refractivity contribution in [3.8, 4) is 0 Å². The lowest BCUT2D eigenvalue weighted by molar-refractivity contribution is 0.384. The lowest BCUT2D eigenvalue weighted by Crippen LogP contribution is -2.48. The Morgan fingerprint density at radius 1 is 1.00 bits per heavy atom. The van der Waals surface area contributed by atoms with Gasteiger partial charge in [-0.15, -0.1) is 0 Å². The van der Waals surface area contributed by atoms with E-state index in [1.807, 2.05) is 0 Å². The fraction of sp³-hybridized carbons (Fsp3) is 0.300. The molecule has 152 valence electrons. The number of anilines is 1. The minimum absolute atomic E-state index is 0.114. The first-order valence-corrected chi connectivity index (χ1v) is 11.5. The van der Waals surface area contributed by atoms with Crippen molar-refractivity contribution in [2.24, 2.45) is 0 Å². The highest BCUT2D eigenvalue weighted by Crippen LogP contribution is 2.23. The van der Waals surface area contributed by atoms with Gasteiger partial charge in [-0.1, -0.05) is 29.8 Å². The Morgan fingerprint density at radius 2 is 1.66 bits per heavy atom. The number of hydrogen-bond acceptors (Lipinski definition) is 6. The zero-order valence-electron chi connectivity index (χ0n) is 16.0. The minimum atomic E-state index is -3.62. The molecule has 2 aromatic carbocycles. The van der Waals surface area contributed by atoms with Crippen molar-refractivity contribution >= 4 is 26.7 Å². The quantitative estimate of drug-likeness (QED) is 0.620. The SMILES string of the molecule is Cc1ccc(Cc2nsc(N3CCN(S(=O)(=O)c4ccc(F)cc4)CC3)n2)cc1. The van der Waals surface area contributed by atoms with Crippen LogP contribution in [0.25, 0.3) is 0 Å². The van der Waals surface area contributed by atoms with Crippen molar-refractivity contribution in [3.05, 3.63) is 71.3 Å². The molecule has 0 spiro atoms. The molecular formula is C20H21FN4O2S2. The number of hydrogen-bond donors (Lipinski definition) is 0. The molecule has 0 N–H and O–H groups in total. The first-order chi connectivity index (χ1) is 13.9. The highest BCUT2D eigenvalue weighted by Gasteiger charge is 2.29. The Labute approximate surface area is 173 Å². The normalized spacial score (nSPS) is 15.6. The van der Waals surface area contributed by atoms with Crippen LogP contribution in [-0.4, -0.2) is 48.3 Å². The van der Waals surface area contributed by atoms with Crippen molar-refractivity contribution in [2.45, 2.75) is 18.2 Å². The highest BCUT2D eigenvalue weighted by atomic mass is 32.2. The topological polar surface area (TPSA) is 66.4 Å². The standard InChI is InChI=1S/C20H21FN4O2S2/c1-15-2-4-16(5-3-15)14-19-22-20(28-23-19)24-10-12-25(13-11-24)29(26,27)18-8-6-17(21)7-9-18/h2-9H,10-14H2,1H3. The van der Waals surface area contributed by atoms with Crippen LogP contribution in [0.3, 0.4) is 0 Å². The van der Waals surface area contributed by atoms with E-state index in [4.69, 9.17) is 0 Å². The summed E-state index contributed by atoms with van der Waals surface area (Å²) in [7, 11) is -3.62. The van der Waals surface area contributed by atoms with Crippen LogP contribution in [0.5, 0.6) is 0 Å². The van der Waals surface area contributed by atoms with Gasteiger partial charge in [0.15, 0.2) is 0 Å². The lowest BCUT2D eigenvalue weighted by Gasteiger charge is -2.33. The predicted octanol–water partition coefficient (Wildman–Crippen LogP) is 3.09.